The molecule has 5 heteroatoms. The van der Waals surface area contributed by atoms with E-state index in [0.29, 0.717) is 17.6 Å². The van der Waals surface area contributed by atoms with Crippen LogP contribution in [-0.4, -0.2) is 22.9 Å². The molecule has 1 aromatic heterocycles. The van der Waals surface area contributed by atoms with Gasteiger partial charge in [-0.25, -0.2) is 9.48 Å². The van der Waals surface area contributed by atoms with Gasteiger partial charge in [0.1, 0.15) is 5.82 Å². The second-order valence-electron chi connectivity index (χ2n) is 4.23. The first-order chi connectivity index (χ1) is 7.65. The lowest BCUT2D eigenvalue weighted by Gasteiger charge is -2.11. The molecule has 0 unspecified atom stereocenters. The molecule has 1 aliphatic carbocycles. The summed E-state index contributed by atoms with van der Waals surface area (Å²) in [5.74, 6) is 0.174. The molecule has 0 saturated heterocycles. The third-order valence-electron chi connectivity index (χ3n) is 3.24. The number of esters is 1. The van der Waals surface area contributed by atoms with Gasteiger partial charge in [-0.2, -0.15) is 5.10 Å². The van der Waals surface area contributed by atoms with Gasteiger partial charge in [-0.15, -0.1) is 0 Å². The van der Waals surface area contributed by atoms with Crippen LogP contribution >= 0.6 is 0 Å². The van der Waals surface area contributed by atoms with Crippen molar-refractivity contribution in [1.29, 1.82) is 0 Å². The first-order valence-corrected chi connectivity index (χ1v) is 5.58. The van der Waals surface area contributed by atoms with Crippen LogP contribution in [0.4, 0.5) is 5.82 Å². The highest BCUT2D eigenvalue weighted by molar-refractivity contribution is 5.90. The van der Waals surface area contributed by atoms with E-state index < -0.39 is 5.97 Å². The molecule has 1 saturated carbocycles. The Balaban J connectivity index is 2.36. The number of nitrogen functional groups attached to an aromatic ring is 1. The molecule has 2 N–H and O–H groups in total. The number of aromatic nitrogens is 2. The number of ether oxygens (including phenoxy) is 1. The third kappa shape index (κ3) is 1.66. The number of carbonyl (C=O) groups is 1. The molecule has 88 valence electrons. The Kier molecular flexibility index (Phi) is 2.85. The minimum absolute atomic E-state index is 0.340. The van der Waals surface area contributed by atoms with E-state index in [0.717, 1.165) is 18.4 Å². The highest BCUT2D eigenvalue weighted by Crippen LogP contribution is 2.32. The summed E-state index contributed by atoms with van der Waals surface area (Å²) in [6, 6.07) is 0.345. The SMILES string of the molecule is COC(=O)c1nn(C2CCCC2)c(N)c1C. The van der Waals surface area contributed by atoms with Crippen LogP contribution in [0.2, 0.25) is 0 Å². The predicted molar refractivity (Wildman–Crippen MR) is 60.2 cm³/mol. The number of hydrogen-bond donors (Lipinski definition) is 1. The number of anilines is 1. The van der Waals surface area contributed by atoms with Gasteiger partial charge < -0.3 is 10.5 Å². The van der Waals surface area contributed by atoms with Gasteiger partial charge in [0, 0.05) is 5.56 Å². The van der Waals surface area contributed by atoms with E-state index in [9.17, 15) is 4.79 Å². The van der Waals surface area contributed by atoms with Crippen molar-refractivity contribution in [1.82, 2.24) is 9.78 Å². The number of nitrogens with two attached hydrogens (primary N) is 1. The fraction of sp³-hybridized carbons (Fsp3) is 0.636. The molecule has 5 nitrogen and oxygen atoms in total. The predicted octanol–water partition coefficient (Wildman–Crippen LogP) is 1.68. The van der Waals surface area contributed by atoms with Crippen molar-refractivity contribution in [2.45, 2.75) is 38.6 Å². The molecule has 1 aromatic rings. The molecule has 16 heavy (non-hydrogen) atoms. The smallest absolute Gasteiger partial charge is 0.358 e. The number of methoxy groups -OCH3 is 1. The van der Waals surface area contributed by atoms with E-state index in [1.54, 1.807) is 11.6 Å². The molecule has 1 heterocycles. The summed E-state index contributed by atoms with van der Waals surface area (Å²) in [7, 11) is 1.35. The van der Waals surface area contributed by atoms with Gasteiger partial charge in [-0.3, -0.25) is 0 Å². The Bertz CT molecular complexity index is 406. The molecule has 0 radical (unpaired) electrons. The molecule has 1 fully saturated rings. The number of rotatable bonds is 2. The van der Waals surface area contributed by atoms with Crippen LogP contribution in [0.3, 0.4) is 0 Å². The zero-order valence-corrected chi connectivity index (χ0v) is 9.69. The summed E-state index contributed by atoms with van der Waals surface area (Å²) in [5.41, 5.74) is 7.03. The first-order valence-electron chi connectivity index (χ1n) is 5.58. The van der Waals surface area contributed by atoms with Crippen LogP contribution < -0.4 is 5.73 Å². The minimum atomic E-state index is -0.416. The maximum Gasteiger partial charge on any atom is 0.358 e. The molecule has 2 rings (SSSR count). The second kappa shape index (κ2) is 4.15. The van der Waals surface area contributed by atoms with E-state index in [2.05, 4.69) is 9.84 Å². The fourth-order valence-corrected chi connectivity index (χ4v) is 2.25. The van der Waals surface area contributed by atoms with Crippen LogP contribution in [0.1, 0.15) is 47.8 Å². The molecule has 0 aliphatic heterocycles. The van der Waals surface area contributed by atoms with E-state index in [4.69, 9.17) is 5.73 Å². The lowest BCUT2D eigenvalue weighted by molar-refractivity contribution is 0.0592. The third-order valence-corrected chi connectivity index (χ3v) is 3.24. The minimum Gasteiger partial charge on any atom is -0.464 e. The van der Waals surface area contributed by atoms with Crippen molar-refractivity contribution in [3.05, 3.63) is 11.3 Å². The number of carbonyl (C=O) groups excluding carboxylic acids is 1. The topological polar surface area (TPSA) is 70.1 Å². The summed E-state index contributed by atoms with van der Waals surface area (Å²) in [5, 5.41) is 4.28. The van der Waals surface area contributed by atoms with E-state index in [1.807, 2.05) is 0 Å². The Morgan fingerprint density at radius 2 is 2.12 bits per heavy atom. The van der Waals surface area contributed by atoms with Gasteiger partial charge >= 0.3 is 5.97 Å². The lowest BCUT2D eigenvalue weighted by atomic mass is 10.2. The Morgan fingerprint density at radius 3 is 2.69 bits per heavy atom. The normalized spacial score (nSPS) is 16.6. The summed E-state index contributed by atoms with van der Waals surface area (Å²) < 4.78 is 6.46. The highest BCUT2D eigenvalue weighted by Gasteiger charge is 2.25. The monoisotopic (exact) mass is 223 g/mol. The van der Waals surface area contributed by atoms with Gasteiger partial charge in [0.05, 0.1) is 13.2 Å². The molecule has 0 atom stereocenters. The Labute approximate surface area is 94.6 Å². The lowest BCUT2D eigenvalue weighted by Crippen LogP contribution is -2.11. The van der Waals surface area contributed by atoms with Crippen LogP contribution in [0.15, 0.2) is 0 Å². The van der Waals surface area contributed by atoms with Gasteiger partial charge in [0.2, 0.25) is 0 Å². The standard InChI is InChI=1S/C11H17N3O2/c1-7-9(11(15)16-2)13-14(10(7)12)8-5-3-4-6-8/h8H,3-6,12H2,1-2H3. The summed E-state index contributed by atoms with van der Waals surface area (Å²) in [6.07, 6.45) is 4.59. The van der Waals surface area contributed by atoms with Gasteiger partial charge in [-0.1, -0.05) is 12.8 Å². The highest BCUT2D eigenvalue weighted by atomic mass is 16.5. The van der Waals surface area contributed by atoms with Gasteiger partial charge in [0.25, 0.3) is 0 Å². The quantitative estimate of drug-likeness (QED) is 0.774. The van der Waals surface area contributed by atoms with Crippen LogP contribution in [0.5, 0.6) is 0 Å². The molecular weight excluding hydrogens is 206 g/mol. The van der Waals surface area contributed by atoms with Gasteiger partial charge in [-0.05, 0) is 19.8 Å². The van der Waals surface area contributed by atoms with Crippen LogP contribution in [-0.2, 0) is 4.74 Å². The Morgan fingerprint density at radius 1 is 1.50 bits per heavy atom. The van der Waals surface area contributed by atoms with E-state index in [-0.39, 0.29) is 0 Å². The molecular formula is C11H17N3O2. The molecule has 0 aromatic carbocycles. The molecule has 0 amide bonds. The second-order valence-corrected chi connectivity index (χ2v) is 4.23. The maximum atomic E-state index is 11.5. The zero-order chi connectivity index (χ0) is 11.7. The first kappa shape index (κ1) is 11.0. The summed E-state index contributed by atoms with van der Waals surface area (Å²) >= 11 is 0. The maximum absolute atomic E-state index is 11.5. The average molecular weight is 223 g/mol. The average Bonchev–Trinajstić information content (AvgIpc) is 2.89. The van der Waals surface area contributed by atoms with E-state index in [1.165, 1.54) is 20.0 Å². The molecule has 0 bridgehead atoms. The van der Waals surface area contributed by atoms with Crippen LogP contribution in [0, 0.1) is 6.92 Å². The van der Waals surface area contributed by atoms with Crippen molar-refractivity contribution < 1.29 is 9.53 Å². The molecule has 1 aliphatic rings. The Hall–Kier alpha value is -1.52. The number of nitrogens with zero attached hydrogens (tertiary/aromatic N) is 2. The van der Waals surface area contributed by atoms with Gasteiger partial charge in [0.15, 0.2) is 5.69 Å². The van der Waals surface area contributed by atoms with Crippen molar-refractivity contribution >= 4 is 11.8 Å². The van der Waals surface area contributed by atoms with Crippen molar-refractivity contribution in [2.24, 2.45) is 0 Å². The van der Waals surface area contributed by atoms with E-state index >= 15 is 0 Å². The summed E-state index contributed by atoms with van der Waals surface area (Å²) in [6.45, 7) is 1.81. The van der Waals surface area contributed by atoms with Crippen molar-refractivity contribution in [3.8, 4) is 0 Å². The molecule has 0 spiro atoms. The number of hydrogen-bond acceptors (Lipinski definition) is 4. The van der Waals surface area contributed by atoms with Crippen molar-refractivity contribution in [3.63, 3.8) is 0 Å². The van der Waals surface area contributed by atoms with Crippen molar-refractivity contribution in [2.75, 3.05) is 12.8 Å². The largest absolute Gasteiger partial charge is 0.464 e. The summed E-state index contributed by atoms with van der Waals surface area (Å²) in [4.78, 5) is 11.5. The van der Waals surface area contributed by atoms with Crippen LogP contribution in [0.25, 0.3) is 0 Å². The fourth-order valence-electron chi connectivity index (χ4n) is 2.25. The zero-order valence-electron chi connectivity index (χ0n) is 9.69.